The van der Waals surface area contributed by atoms with Gasteiger partial charge in [0.25, 0.3) is 0 Å². The minimum absolute atomic E-state index is 0.0795. The maximum Gasteiger partial charge on any atom is 0.344 e. The first-order chi connectivity index (χ1) is 6.68. The molecule has 0 N–H and O–H groups in total. The molecule has 0 aromatic heterocycles. The predicted octanol–water partition coefficient (Wildman–Crippen LogP) is 1.83. The van der Waals surface area contributed by atoms with Crippen LogP contribution < -0.4 is 4.74 Å². The van der Waals surface area contributed by atoms with Crippen LogP contribution in [0.5, 0.6) is 5.75 Å². The lowest BCUT2D eigenvalue weighted by Crippen LogP contribution is -2.18. The van der Waals surface area contributed by atoms with Gasteiger partial charge in [0.15, 0.2) is 6.61 Å². The molecule has 0 aliphatic rings. The van der Waals surface area contributed by atoms with Gasteiger partial charge in [-0.25, -0.2) is 4.79 Å². The smallest absolute Gasteiger partial charge is 0.344 e. The third kappa shape index (κ3) is 3.94. The van der Waals surface area contributed by atoms with Crippen molar-refractivity contribution in [3.8, 4) is 5.75 Å². The van der Waals surface area contributed by atoms with Gasteiger partial charge in [-0.2, -0.15) is 0 Å². The Morgan fingerprint density at radius 1 is 1.43 bits per heavy atom. The highest BCUT2D eigenvalue weighted by atomic mass is 16.6. The van der Waals surface area contributed by atoms with Gasteiger partial charge in [-0.3, -0.25) is 0 Å². The van der Waals surface area contributed by atoms with Crippen molar-refractivity contribution in [2.45, 2.75) is 13.0 Å². The van der Waals surface area contributed by atoms with Crippen molar-refractivity contribution in [2.24, 2.45) is 0 Å². The SMILES string of the molecule is [CH2]C(C)OC(=O)COc1ccccc1. The fraction of sp³-hybridized carbons (Fsp3) is 0.273. The lowest BCUT2D eigenvalue weighted by Gasteiger charge is -2.08. The summed E-state index contributed by atoms with van der Waals surface area (Å²) in [6, 6.07) is 9.11. The normalized spacial score (nSPS) is 9.93. The summed E-state index contributed by atoms with van der Waals surface area (Å²) >= 11 is 0. The third-order valence-corrected chi connectivity index (χ3v) is 1.43. The van der Waals surface area contributed by atoms with E-state index in [-0.39, 0.29) is 12.7 Å². The number of benzene rings is 1. The first-order valence-corrected chi connectivity index (χ1v) is 4.39. The maximum absolute atomic E-state index is 11.0. The van der Waals surface area contributed by atoms with Gasteiger partial charge in [-0.05, 0) is 26.0 Å². The van der Waals surface area contributed by atoms with Gasteiger partial charge in [0, 0.05) is 0 Å². The van der Waals surface area contributed by atoms with Crippen LogP contribution in [0.4, 0.5) is 0 Å². The lowest BCUT2D eigenvalue weighted by molar-refractivity contribution is -0.148. The molecule has 14 heavy (non-hydrogen) atoms. The van der Waals surface area contributed by atoms with Crippen molar-refractivity contribution < 1.29 is 14.3 Å². The van der Waals surface area contributed by atoms with Gasteiger partial charge in [0.2, 0.25) is 0 Å². The number of carbonyl (C=O) groups excluding carboxylic acids is 1. The van der Waals surface area contributed by atoms with Gasteiger partial charge >= 0.3 is 5.97 Å². The van der Waals surface area contributed by atoms with Crippen molar-refractivity contribution >= 4 is 5.97 Å². The van der Waals surface area contributed by atoms with E-state index < -0.39 is 5.97 Å². The fourth-order valence-corrected chi connectivity index (χ4v) is 0.917. The molecule has 3 heteroatoms. The van der Waals surface area contributed by atoms with Gasteiger partial charge in [-0.15, -0.1) is 0 Å². The van der Waals surface area contributed by atoms with E-state index in [0.717, 1.165) is 0 Å². The molecule has 1 atom stereocenters. The van der Waals surface area contributed by atoms with Crippen LogP contribution in [-0.4, -0.2) is 18.7 Å². The summed E-state index contributed by atoms with van der Waals surface area (Å²) in [4.78, 5) is 11.0. The first kappa shape index (κ1) is 10.6. The van der Waals surface area contributed by atoms with E-state index in [2.05, 4.69) is 6.92 Å². The van der Waals surface area contributed by atoms with Crippen LogP contribution in [0.25, 0.3) is 0 Å². The second kappa shape index (κ2) is 5.27. The summed E-state index contributed by atoms with van der Waals surface area (Å²) in [7, 11) is 0. The Balaban J connectivity index is 2.31. The molecule has 0 amide bonds. The Morgan fingerprint density at radius 2 is 2.07 bits per heavy atom. The van der Waals surface area contributed by atoms with E-state index in [1.54, 1.807) is 19.1 Å². The Labute approximate surface area is 83.6 Å². The molecule has 0 fully saturated rings. The molecule has 1 unspecified atom stereocenters. The molecule has 0 bridgehead atoms. The second-order valence-electron chi connectivity index (χ2n) is 2.90. The van der Waals surface area contributed by atoms with Crippen molar-refractivity contribution in [1.29, 1.82) is 0 Å². The number of carbonyl (C=O) groups is 1. The van der Waals surface area contributed by atoms with E-state index in [1.165, 1.54) is 0 Å². The first-order valence-electron chi connectivity index (χ1n) is 4.39. The fourth-order valence-electron chi connectivity index (χ4n) is 0.917. The van der Waals surface area contributed by atoms with Crippen LogP contribution in [0, 0.1) is 6.92 Å². The zero-order valence-corrected chi connectivity index (χ0v) is 8.10. The van der Waals surface area contributed by atoms with Crippen LogP contribution in [0.15, 0.2) is 30.3 Å². The van der Waals surface area contributed by atoms with E-state index >= 15 is 0 Å². The highest BCUT2D eigenvalue weighted by molar-refractivity contribution is 5.71. The van der Waals surface area contributed by atoms with E-state index in [1.807, 2.05) is 18.2 Å². The van der Waals surface area contributed by atoms with Gasteiger partial charge in [-0.1, -0.05) is 18.2 Å². The quantitative estimate of drug-likeness (QED) is 0.684. The van der Waals surface area contributed by atoms with Gasteiger partial charge in [0.1, 0.15) is 5.75 Å². The van der Waals surface area contributed by atoms with Gasteiger partial charge < -0.3 is 9.47 Å². The van der Waals surface area contributed by atoms with Crippen LogP contribution in [-0.2, 0) is 9.53 Å². The highest BCUT2D eigenvalue weighted by Crippen LogP contribution is 2.07. The molecule has 0 aliphatic carbocycles. The minimum Gasteiger partial charge on any atom is -0.482 e. The summed E-state index contributed by atoms with van der Waals surface area (Å²) in [5.41, 5.74) is 0. The molecule has 1 rings (SSSR count). The zero-order valence-electron chi connectivity index (χ0n) is 8.10. The number of para-hydroxylation sites is 1. The van der Waals surface area contributed by atoms with Gasteiger partial charge in [0.05, 0.1) is 6.10 Å². The lowest BCUT2D eigenvalue weighted by atomic mass is 10.3. The average Bonchev–Trinajstić information content (AvgIpc) is 2.15. The molecule has 0 saturated heterocycles. The zero-order chi connectivity index (χ0) is 10.4. The van der Waals surface area contributed by atoms with E-state index in [0.29, 0.717) is 5.75 Å². The van der Waals surface area contributed by atoms with Crippen molar-refractivity contribution in [3.05, 3.63) is 37.3 Å². The molecule has 0 spiro atoms. The molecule has 3 nitrogen and oxygen atoms in total. The summed E-state index contributed by atoms with van der Waals surface area (Å²) in [6.07, 6.45) is -0.345. The second-order valence-corrected chi connectivity index (χ2v) is 2.90. The number of hydrogen-bond donors (Lipinski definition) is 0. The largest absolute Gasteiger partial charge is 0.482 e. The summed E-state index contributed by atoms with van der Waals surface area (Å²) in [6.45, 7) is 5.15. The Morgan fingerprint density at radius 3 is 2.64 bits per heavy atom. The van der Waals surface area contributed by atoms with Crippen LogP contribution in [0.2, 0.25) is 0 Å². The monoisotopic (exact) mass is 193 g/mol. The molecule has 0 saturated carbocycles. The molecular formula is C11H13O3. The third-order valence-electron chi connectivity index (χ3n) is 1.43. The molecule has 1 aromatic carbocycles. The Hall–Kier alpha value is -1.51. The van der Waals surface area contributed by atoms with E-state index in [4.69, 9.17) is 9.47 Å². The maximum atomic E-state index is 11.0. The molecule has 0 aliphatic heterocycles. The molecule has 1 aromatic rings. The minimum atomic E-state index is -0.406. The summed E-state index contributed by atoms with van der Waals surface area (Å²) in [5, 5.41) is 0. The average molecular weight is 193 g/mol. The Kier molecular flexibility index (Phi) is 3.98. The molecule has 1 radical (unpaired) electrons. The van der Waals surface area contributed by atoms with Crippen LogP contribution in [0.1, 0.15) is 6.92 Å². The predicted molar refractivity (Wildman–Crippen MR) is 52.8 cm³/mol. The summed E-state index contributed by atoms with van der Waals surface area (Å²) < 4.78 is 9.96. The number of hydrogen-bond acceptors (Lipinski definition) is 3. The topological polar surface area (TPSA) is 35.5 Å². The number of esters is 1. The molecule has 75 valence electrons. The van der Waals surface area contributed by atoms with Crippen LogP contribution >= 0.6 is 0 Å². The van der Waals surface area contributed by atoms with Crippen LogP contribution in [0.3, 0.4) is 0 Å². The van der Waals surface area contributed by atoms with E-state index in [9.17, 15) is 4.79 Å². The molecule has 0 heterocycles. The van der Waals surface area contributed by atoms with Crippen molar-refractivity contribution in [1.82, 2.24) is 0 Å². The molecular weight excluding hydrogens is 180 g/mol. The standard InChI is InChI=1S/C11H13O3/c1-9(2)14-11(12)8-13-10-6-4-3-5-7-10/h3-7,9H,1,8H2,2H3. The highest BCUT2D eigenvalue weighted by Gasteiger charge is 2.05. The number of ether oxygens (including phenoxy) is 2. The van der Waals surface area contributed by atoms with Crippen molar-refractivity contribution in [3.63, 3.8) is 0 Å². The van der Waals surface area contributed by atoms with Crippen molar-refractivity contribution in [2.75, 3.05) is 6.61 Å². The number of rotatable bonds is 4. The summed E-state index contributed by atoms with van der Waals surface area (Å²) in [5.74, 6) is 0.248. The Bertz CT molecular complexity index is 280.